The molecule has 132 valence electrons. The molecule has 0 spiro atoms. The van der Waals surface area contributed by atoms with Crippen molar-refractivity contribution in [3.8, 4) is 5.75 Å². The van der Waals surface area contributed by atoms with E-state index in [4.69, 9.17) is 14.5 Å². The maximum absolute atomic E-state index is 10.6. The molecule has 5 nitrogen and oxygen atoms in total. The minimum atomic E-state index is -1.11. The number of nitrogens with zero attached hydrogens (tertiary/aromatic N) is 2. The summed E-state index contributed by atoms with van der Waals surface area (Å²) in [7, 11) is -2.21. The molecule has 0 saturated carbocycles. The molecular formula is C16H31N2NaO3Si2. The maximum Gasteiger partial charge on any atom is 1.00 e. The van der Waals surface area contributed by atoms with Crippen molar-refractivity contribution in [2.75, 3.05) is 6.61 Å². The third kappa shape index (κ3) is 15.3. The number of carbonyl (C=O) groups is 1. The minimum absolute atomic E-state index is 0. The summed E-state index contributed by atoms with van der Waals surface area (Å²) in [5, 5.41) is 8.66. The van der Waals surface area contributed by atoms with Crippen LogP contribution < -0.4 is 34.3 Å². The fraction of sp³-hybridized carbons (Fsp3) is 0.625. The van der Waals surface area contributed by atoms with Gasteiger partial charge < -0.3 is 14.5 Å². The van der Waals surface area contributed by atoms with Crippen molar-refractivity contribution in [1.82, 2.24) is 4.98 Å². The third-order valence-corrected chi connectivity index (χ3v) is 7.75. The van der Waals surface area contributed by atoms with Crippen molar-refractivity contribution >= 4 is 22.4 Å². The van der Waals surface area contributed by atoms with Crippen LogP contribution in [0.1, 0.15) is 30.3 Å². The Kier molecular flexibility index (Phi) is 13.3. The van der Waals surface area contributed by atoms with Crippen LogP contribution in [0, 0.1) is 0 Å². The number of rotatable bonds is 7. The molecule has 0 radical (unpaired) electrons. The number of aromatic carboxylic acids is 1. The van der Waals surface area contributed by atoms with Gasteiger partial charge in [0.1, 0.15) is 5.75 Å². The first-order valence-electron chi connectivity index (χ1n) is 8.01. The Bertz CT molecular complexity index is 477. The predicted octanol–water partition coefficient (Wildman–Crippen LogP) is 1.99. The molecule has 0 fully saturated rings. The van der Waals surface area contributed by atoms with Gasteiger partial charge in [0, 0.05) is 12.3 Å². The van der Waals surface area contributed by atoms with E-state index in [9.17, 15) is 4.79 Å². The number of carboxylic acids is 1. The molecule has 0 aliphatic carbocycles. The molecule has 1 N–H and O–H groups in total. The van der Waals surface area contributed by atoms with Crippen molar-refractivity contribution in [3.05, 3.63) is 28.7 Å². The molecule has 24 heavy (non-hydrogen) atoms. The molecule has 0 aliphatic heterocycles. The van der Waals surface area contributed by atoms with Crippen LogP contribution in [-0.4, -0.2) is 39.1 Å². The van der Waals surface area contributed by atoms with Crippen LogP contribution in [0.2, 0.25) is 39.3 Å². The van der Waals surface area contributed by atoms with E-state index in [0.29, 0.717) is 12.4 Å². The van der Waals surface area contributed by atoms with Crippen LogP contribution in [0.4, 0.5) is 0 Å². The van der Waals surface area contributed by atoms with Gasteiger partial charge in [0.25, 0.3) is 0 Å². The molecule has 0 aliphatic rings. The van der Waals surface area contributed by atoms with E-state index in [1.807, 2.05) is 0 Å². The van der Waals surface area contributed by atoms with Gasteiger partial charge >= 0.3 is 35.5 Å². The Morgan fingerprint density at radius 2 is 1.75 bits per heavy atom. The number of aromatic nitrogens is 1. The average molecular weight is 379 g/mol. The van der Waals surface area contributed by atoms with E-state index < -0.39 is 22.4 Å². The first-order valence-corrected chi connectivity index (χ1v) is 14.9. The Balaban J connectivity index is 0. The molecule has 0 aromatic carbocycles. The number of unbranched alkanes of at least 4 members (excludes halogenated alkanes) is 1. The Hall–Kier alpha value is -0.186. The summed E-state index contributed by atoms with van der Waals surface area (Å²) in [6.07, 6.45) is 3.45. The second-order valence-corrected chi connectivity index (χ2v) is 16.9. The van der Waals surface area contributed by atoms with E-state index in [1.165, 1.54) is 12.3 Å². The number of pyridine rings is 1. The van der Waals surface area contributed by atoms with E-state index in [1.54, 1.807) is 6.07 Å². The van der Waals surface area contributed by atoms with Crippen molar-refractivity contribution in [1.29, 1.82) is 0 Å². The summed E-state index contributed by atoms with van der Waals surface area (Å²) in [6, 6.07) is 3.08. The van der Waals surface area contributed by atoms with Gasteiger partial charge in [-0.3, -0.25) is 0 Å². The van der Waals surface area contributed by atoms with E-state index in [2.05, 4.69) is 51.2 Å². The molecule has 0 bridgehead atoms. The molecule has 0 unspecified atom stereocenters. The topological polar surface area (TPSA) is 73.5 Å². The van der Waals surface area contributed by atoms with Gasteiger partial charge in [0.2, 0.25) is 0 Å². The molecule has 1 aromatic rings. The first-order chi connectivity index (χ1) is 10.4. The molecule has 0 saturated heterocycles. The van der Waals surface area contributed by atoms with Gasteiger partial charge in [-0.25, -0.2) is 9.78 Å². The normalized spacial score (nSPS) is 11.0. The van der Waals surface area contributed by atoms with Gasteiger partial charge in [-0.2, -0.15) is 0 Å². The van der Waals surface area contributed by atoms with Gasteiger partial charge in [-0.15, -0.1) is 0 Å². The Morgan fingerprint density at radius 3 is 2.12 bits per heavy atom. The molecular weight excluding hydrogens is 347 g/mol. The quantitative estimate of drug-likeness (QED) is 0.582. The van der Waals surface area contributed by atoms with Gasteiger partial charge in [-0.05, 0) is 12.5 Å². The van der Waals surface area contributed by atoms with Crippen LogP contribution in [0.25, 0.3) is 4.65 Å². The van der Waals surface area contributed by atoms with Crippen molar-refractivity contribution in [2.45, 2.75) is 59.0 Å². The monoisotopic (exact) mass is 378 g/mol. The molecule has 8 heteroatoms. The summed E-state index contributed by atoms with van der Waals surface area (Å²) >= 11 is 0. The summed E-state index contributed by atoms with van der Waals surface area (Å²) in [5.74, 6) is -0.475. The van der Waals surface area contributed by atoms with Crippen molar-refractivity contribution in [2.24, 2.45) is 0 Å². The molecule has 1 heterocycles. The SMILES string of the molecule is CCCCOc1ccnc(C(=O)O)c1.C[Si](C)(C)[N-][Si](C)(C)C.[Na+]. The number of ether oxygens (including phenoxy) is 1. The van der Waals surface area contributed by atoms with Crippen LogP contribution in [0.3, 0.4) is 0 Å². The summed E-state index contributed by atoms with van der Waals surface area (Å²) in [4.78, 5) is 14.3. The smallest absolute Gasteiger partial charge is 0.668 e. The summed E-state index contributed by atoms with van der Waals surface area (Å²) in [5.41, 5.74) is 0.0130. The fourth-order valence-electron chi connectivity index (χ4n) is 1.96. The van der Waals surface area contributed by atoms with Crippen molar-refractivity contribution in [3.63, 3.8) is 0 Å². The standard InChI is InChI=1S/C10H13NO3.C6H18NSi2.Na/c1-2-3-6-14-8-4-5-11-9(7-8)10(12)13;1-8(2,3)7-9(4,5)6;/h4-5,7H,2-3,6H2,1H3,(H,12,13);1-6H3;/q;-1;+1. The molecule has 1 aromatic heterocycles. The third-order valence-electron chi connectivity index (χ3n) is 2.39. The fourth-order valence-corrected chi connectivity index (χ4v) is 10.0. The zero-order valence-corrected chi connectivity index (χ0v) is 20.5. The van der Waals surface area contributed by atoms with Crippen molar-refractivity contribution < 1.29 is 44.2 Å². The Labute approximate surface area is 171 Å². The number of carboxylic acid groups (broad SMARTS) is 1. The number of hydrogen-bond donors (Lipinski definition) is 1. The zero-order valence-electron chi connectivity index (χ0n) is 16.5. The van der Waals surface area contributed by atoms with Crippen LogP contribution in [-0.2, 0) is 0 Å². The maximum atomic E-state index is 10.6. The van der Waals surface area contributed by atoms with Gasteiger partial charge in [0.05, 0.1) is 6.61 Å². The summed E-state index contributed by atoms with van der Waals surface area (Å²) in [6.45, 7) is 16.5. The van der Waals surface area contributed by atoms with Gasteiger partial charge in [0.15, 0.2) is 5.69 Å². The minimum Gasteiger partial charge on any atom is -0.668 e. The van der Waals surface area contributed by atoms with Crippen LogP contribution >= 0.6 is 0 Å². The second kappa shape index (κ2) is 12.2. The van der Waals surface area contributed by atoms with Gasteiger partial charge in [-0.1, -0.05) is 69.1 Å². The largest absolute Gasteiger partial charge is 1.00 e. The van der Waals surface area contributed by atoms with E-state index >= 15 is 0 Å². The average Bonchev–Trinajstić information content (AvgIpc) is 2.36. The second-order valence-electron chi connectivity index (χ2n) is 7.34. The van der Waals surface area contributed by atoms with Crippen LogP contribution in [0.5, 0.6) is 5.75 Å². The Morgan fingerprint density at radius 1 is 1.21 bits per heavy atom. The predicted molar refractivity (Wildman–Crippen MR) is 102 cm³/mol. The van der Waals surface area contributed by atoms with Crippen LogP contribution in [0.15, 0.2) is 18.3 Å². The molecule has 1 rings (SSSR count). The number of hydrogen-bond acceptors (Lipinski definition) is 3. The molecule has 0 amide bonds. The van der Waals surface area contributed by atoms with E-state index in [0.717, 1.165) is 12.8 Å². The first kappa shape index (κ1) is 26.0. The molecule has 0 atom stereocenters. The van der Waals surface area contributed by atoms with E-state index in [-0.39, 0.29) is 35.3 Å². The zero-order chi connectivity index (χ0) is 18.1. The summed E-state index contributed by atoms with van der Waals surface area (Å²) < 4.78 is 10.2.